The van der Waals surface area contributed by atoms with Crippen LogP contribution in [0.4, 0.5) is 0 Å². The van der Waals surface area contributed by atoms with E-state index < -0.39 is 0 Å². The molecule has 2 aromatic rings. The van der Waals surface area contributed by atoms with Crippen LogP contribution in [0.15, 0.2) is 39.7 Å². The van der Waals surface area contributed by atoms with Crippen molar-refractivity contribution in [1.82, 2.24) is 4.90 Å². The molecule has 164 valence electrons. The number of ether oxygens (including phenoxy) is 3. The van der Waals surface area contributed by atoms with Crippen LogP contribution in [0, 0.1) is 13.8 Å². The molecule has 2 aromatic carbocycles. The molecule has 8 heteroatoms. The van der Waals surface area contributed by atoms with Gasteiger partial charge in [-0.1, -0.05) is 30.0 Å². The molecule has 1 fully saturated rings. The Kier molecular flexibility index (Phi) is 8.02. The molecule has 31 heavy (non-hydrogen) atoms. The monoisotopic (exact) mass is 521 g/mol. The van der Waals surface area contributed by atoms with Crippen molar-refractivity contribution < 1.29 is 19.0 Å². The topological polar surface area (TPSA) is 48.0 Å². The van der Waals surface area contributed by atoms with Crippen molar-refractivity contribution in [1.29, 1.82) is 0 Å². The number of rotatable bonds is 8. The van der Waals surface area contributed by atoms with Gasteiger partial charge in [0.05, 0.1) is 16.0 Å². The van der Waals surface area contributed by atoms with Gasteiger partial charge in [0.2, 0.25) is 0 Å². The number of carbonyl (C=O) groups is 1. The predicted octanol–water partition coefficient (Wildman–Crippen LogP) is 5.75. The van der Waals surface area contributed by atoms with Crippen molar-refractivity contribution in [2.45, 2.75) is 20.8 Å². The highest BCUT2D eigenvalue weighted by Gasteiger charge is 2.28. The lowest BCUT2D eigenvalue weighted by Gasteiger charge is -2.15. The van der Waals surface area contributed by atoms with E-state index in [1.54, 1.807) is 7.05 Å². The molecular formula is C23H24BrNO4S2. The molecule has 0 atom stereocenters. The molecule has 1 aliphatic rings. The third-order valence-corrected chi connectivity index (χ3v) is 6.48. The molecule has 0 unspecified atom stereocenters. The molecule has 0 bridgehead atoms. The number of aryl methyl sites for hydroxylation is 2. The number of carbonyl (C=O) groups excluding carboxylic acids is 1. The molecule has 0 radical (unpaired) electrons. The molecular weight excluding hydrogens is 498 g/mol. The van der Waals surface area contributed by atoms with Crippen LogP contribution in [-0.2, 0) is 4.79 Å². The van der Waals surface area contributed by atoms with Crippen molar-refractivity contribution in [2.75, 3.05) is 26.9 Å². The summed E-state index contributed by atoms with van der Waals surface area (Å²) in [6.07, 6.45) is 1.81. The zero-order valence-electron chi connectivity index (χ0n) is 17.9. The summed E-state index contributed by atoms with van der Waals surface area (Å²) in [5.74, 6) is 1.93. The minimum absolute atomic E-state index is 0.104. The first-order valence-corrected chi connectivity index (χ1v) is 11.8. The number of nitrogens with zero attached hydrogens (tertiary/aromatic N) is 1. The van der Waals surface area contributed by atoms with Crippen molar-refractivity contribution in [3.63, 3.8) is 0 Å². The zero-order valence-corrected chi connectivity index (χ0v) is 21.1. The van der Waals surface area contributed by atoms with Gasteiger partial charge in [-0.25, -0.2) is 0 Å². The highest BCUT2D eigenvalue weighted by molar-refractivity contribution is 9.10. The Labute approximate surface area is 200 Å². The van der Waals surface area contributed by atoms with Gasteiger partial charge in [-0.3, -0.25) is 9.69 Å². The maximum Gasteiger partial charge on any atom is 0.265 e. The van der Waals surface area contributed by atoms with E-state index in [-0.39, 0.29) is 5.91 Å². The fraction of sp³-hybridized carbons (Fsp3) is 0.304. The molecule has 5 nitrogen and oxygen atoms in total. The third-order valence-electron chi connectivity index (χ3n) is 4.41. The number of halogens is 1. The molecule has 0 N–H and O–H groups in total. The van der Waals surface area contributed by atoms with Gasteiger partial charge in [0.25, 0.3) is 5.91 Å². The Balaban J connectivity index is 1.71. The minimum atomic E-state index is -0.104. The van der Waals surface area contributed by atoms with Crippen LogP contribution < -0.4 is 14.2 Å². The van der Waals surface area contributed by atoms with E-state index in [0.717, 1.165) is 26.9 Å². The number of thiocarbonyl (C=S) groups is 1. The summed E-state index contributed by atoms with van der Waals surface area (Å²) < 4.78 is 18.9. The Morgan fingerprint density at radius 1 is 1.06 bits per heavy atom. The molecule has 1 saturated heterocycles. The van der Waals surface area contributed by atoms with Gasteiger partial charge in [0.1, 0.15) is 23.3 Å². The minimum Gasteiger partial charge on any atom is -0.490 e. The van der Waals surface area contributed by atoms with Gasteiger partial charge in [-0.15, -0.1) is 0 Å². The Morgan fingerprint density at radius 2 is 1.74 bits per heavy atom. The average molecular weight is 522 g/mol. The van der Waals surface area contributed by atoms with Gasteiger partial charge in [-0.05, 0) is 83.7 Å². The quantitative estimate of drug-likeness (QED) is 0.250. The SMILES string of the molecule is CCOc1cc(/C=C2\SC(=S)N(C)C2=O)cc(Br)c1OCCOc1cc(C)cc(C)c1. The summed E-state index contributed by atoms with van der Waals surface area (Å²) in [4.78, 5) is 14.3. The van der Waals surface area contributed by atoms with Crippen LogP contribution in [-0.4, -0.2) is 42.0 Å². The molecule has 1 aliphatic heterocycles. The molecule has 0 saturated carbocycles. The molecule has 1 heterocycles. The van der Waals surface area contributed by atoms with Gasteiger partial charge < -0.3 is 14.2 Å². The van der Waals surface area contributed by atoms with Crippen molar-refractivity contribution >= 4 is 56.2 Å². The number of thioether (sulfide) groups is 1. The third kappa shape index (κ3) is 6.02. The average Bonchev–Trinajstić information content (AvgIpc) is 2.93. The first-order valence-electron chi connectivity index (χ1n) is 9.80. The van der Waals surface area contributed by atoms with E-state index in [1.165, 1.54) is 16.7 Å². The zero-order chi connectivity index (χ0) is 22.5. The second-order valence-electron chi connectivity index (χ2n) is 7.02. The van der Waals surface area contributed by atoms with Crippen LogP contribution >= 0.6 is 39.9 Å². The summed E-state index contributed by atoms with van der Waals surface area (Å²) in [5, 5.41) is 0. The molecule has 0 aliphatic carbocycles. The second-order valence-corrected chi connectivity index (χ2v) is 9.55. The lowest BCUT2D eigenvalue weighted by atomic mass is 10.1. The highest BCUT2D eigenvalue weighted by atomic mass is 79.9. The molecule has 3 rings (SSSR count). The first-order chi connectivity index (χ1) is 14.8. The largest absolute Gasteiger partial charge is 0.490 e. The first kappa shape index (κ1) is 23.6. The number of amides is 1. The summed E-state index contributed by atoms with van der Waals surface area (Å²) >= 11 is 10.1. The smallest absolute Gasteiger partial charge is 0.265 e. The standard InChI is InChI=1S/C23H24BrNO4S2/c1-5-27-19-12-16(13-20-22(26)25(4)23(30)31-20)11-18(24)21(19)29-7-6-28-17-9-14(2)8-15(3)10-17/h8-13H,5-7H2,1-4H3/b20-13-. The highest BCUT2D eigenvalue weighted by Crippen LogP contribution is 2.39. The van der Waals surface area contributed by atoms with E-state index >= 15 is 0 Å². The van der Waals surface area contributed by atoms with Gasteiger partial charge in [0, 0.05) is 7.05 Å². The fourth-order valence-electron chi connectivity index (χ4n) is 3.09. The number of likely N-dealkylation sites (N-methyl/N-ethyl adjacent to an activating group) is 1. The number of hydrogen-bond acceptors (Lipinski definition) is 6. The Morgan fingerprint density at radius 3 is 2.35 bits per heavy atom. The van der Waals surface area contributed by atoms with E-state index in [2.05, 4.69) is 22.0 Å². The van der Waals surface area contributed by atoms with Gasteiger partial charge in [-0.2, -0.15) is 0 Å². The molecule has 0 spiro atoms. The lowest BCUT2D eigenvalue weighted by Crippen LogP contribution is -2.22. The number of benzene rings is 2. The van der Waals surface area contributed by atoms with E-state index in [1.807, 2.05) is 51.1 Å². The Hall–Kier alpha value is -2.03. The van der Waals surface area contributed by atoms with Crippen molar-refractivity contribution in [2.24, 2.45) is 0 Å². The summed E-state index contributed by atoms with van der Waals surface area (Å²) in [6, 6.07) is 9.86. The maximum atomic E-state index is 12.3. The predicted molar refractivity (Wildman–Crippen MR) is 133 cm³/mol. The fourth-order valence-corrected chi connectivity index (χ4v) is 4.84. The van der Waals surface area contributed by atoms with Crippen LogP contribution in [0.5, 0.6) is 17.2 Å². The van der Waals surface area contributed by atoms with E-state index in [9.17, 15) is 4.79 Å². The van der Waals surface area contributed by atoms with Crippen molar-refractivity contribution in [3.8, 4) is 17.2 Å². The number of hydrogen-bond donors (Lipinski definition) is 0. The van der Waals surface area contributed by atoms with Crippen LogP contribution in [0.25, 0.3) is 6.08 Å². The van der Waals surface area contributed by atoms with Gasteiger partial charge >= 0.3 is 0 Å². The van der Waals surface area contributed by atoms with Gasteiger partial charge in [0.15, 0.2) is 11.5 Å². The molecule has 1 amide bonds. The van der Waals surface area contributed by atoms with E-state index in [4.69, 9.17) is 26.4 Å². The van der Waals surface area contributed by atoms with E-state index in [0.29, 0.717) is 40.5 Å². The second kappa shape index (κ2) is 10.5. The Bertz CT molecular complexity index is 1020. The lowest BCUT2D eigenvalue weighted by molar-refractivity contribution is -0.121. The summed E-state index contributed by atoms with van der Waals surface area (Å²) in [5.41, 5.74) is 3.14. The van der Waals surface area contributed by atoms with Crippen LogP contribution in [0.2, 0.25) is 0 Å². The van der Waals surface area contributed by atoms with Crippen LogP contribution in [0.3, 0.4) is 0 Å². The molecule has 0 aromatic heterocycles. The van der Waals surface area contributed by atoms with Crippen LogP contribution in [0.1, 0.15) is 23.6 Å². The summed E-state index contributed by atoms with van der Waals surface area (Å²) in [6.45, 7) is 7.25. The normalized spacial score (nSPS) is 15.0. The maximum absolute atomic E-state index is 12.3. The van der Waals surface area contributed by atoms with Crippen molar-refractivity contribution in [3.05, 3.63) is 56.4 Å². The summed E-state index contributed by atoms with van der Waals surface area (Å²) in [7, 11) is 1.68.